The quantitative estimate of drug-likeness (QED) is 0.230. The third kappa shape index (κ3) is 7.83. The molecule has 1 aliphatic rings. The largest absolute Gasteiger partial charge is 0.475 e. The number of thioether (sulfide) groups is 1. The molecule has 2 heterocycles. The monoisotopic (exact) mass is 460 g/mol. The second-order valence-electron chi connectivity index (χ2n) is 6.76. The van der Waals surface area contributed by atoms with Gasteiger partial charge < -0.3 is 9.47 Å². The van der Waals surface area contributed by atoms with Gasteiger partial charge in [-0.2, -0.15) is 4.37 Å². The fourth-order valence-electron chi connectivity index (χ4n) is 3.23. The second kappa shape index (κ2) is 14.8. The molecule has 30 heavy (non-hydrogen) atoms. The van der Waals surface area contributed by atoms with Gasteiger partial charge in [-0.15, -0.1) is 9.02 Å². The predicted molar refractivity (Wildman–Crippen MR) is 125 cm³/mol. The van der Waals surface area contributed by atoms with Crippen molar-refractivity contribution in [1.82, 2.24) is 8.75 Å². The minimum Gasteiger partial charge on any atom is -0.475 e. The zero-order valence-electron chi connectivity index (χ0n) is 19.3. The van der Waals surface area contributed by atoms with Gasteiger partial charge in [0.05, 0.1) is 25.4 Å². The van der Waals surface area contributed by atoms with E-state index < -0.39 is 6.23 Å². The number of hydrogen-bond acceptors (Lipinski definition) is 8. The molecule has 172 valence electrons. The van der Waals surface area contributed by atoms with E-state index in [0.29, 0.717) is 24.8 Å². The van der Waals surface area contributed by atoms with Gasteiger partial charge in [0.1, 0.15) is 18.8 Å². The van der Waals surface area contributed by atoms with Crippen molar-refractivity contribution in [3.63, 3.8) is 0 Å². The van der Waals surface area contributed by atoms with Crippen molar-refractivity contribution in [3.05, 3.63) is 11.8 Å². The van der Waals surface area contributed by atoms with Crippen LogP contribution in [0.4, 0.5) is 4.79 Å². The maximum absolute atomic E-state index is 11.9. The molecule has 0 fully saturated rings. The standard InChI is InChI=1S/C19H32N3O4S2.C2H6/c1-5-7-8-9-13-25-18-17(20-28-21-18)16-11-10-12-22(14-16,24-4)15(3)26-19(23)27-6-2;1-2/h11,15H,5-10,12-14H2,1-4H3;1-2H3/q+1;. The molecule has 1 aromatic rings. The number of ether oxygens (including phenoxy) is 2. The summed E-state index contributed by atoms with van der Waals surface area (Å²) in [5.74, 6) is 1.28. The van der Waals surface area contributed by atoms with Crippen LogP contribution in [0.1, 0.15) is 72.4 Å². The molecular formula is C21H38N3O4S2+. The van der Waals surface area contributed by atoms with Crippen LogP contribution in [0.5, 0.6) is 5.88 Å². The summed E-state index contributed by atoms with van der Waals surface area (Å²) in [6.45, 7) is 11.9. The van der Waals surface area contributed by atoms with Crippen molar-refractivity contribution in [2.45, 2.75) is 73.0 Å². The fourth-order valence-corrected chi connectivity index (χ4v) is 4.21. The van der Waals surface area contributed by atoms with E-state index in [1.807, 2.05) is 27.7 Å². The number of hydroxylamine groups is 3. The number of aromatic nitrogens is 2. The van der Waals surface area contributed by atoms with Crippen molar-refractivity contribution in [2.24, 2.45) is 0 Å². The van der Waals surface area contributed by atoms with Gasteiger partial charge in [0.25, 0.3) is 12.1 Å². The smallest absolute Gasteiger partial charge is 0.371 e. The van der Waals surface area contributed by atoms with Crippen LogP contribution in [0.2, 0.25) is 0 Å². The molecule has 0 saturated heterocycles. The molecule has 9 heteroatoms. The Morgan fingerprint density at radius 3 is 2.70 bits per heavy atom. The highest BCUT2D eigenvalue weighted by atomic mass is 32.2. The number of quaternary nitrogens is 1. The molecule has 0 amide bonds. The Morgan fingerprint density at radius 1 is 1.27 bits per heavy atom. The van der Waals surface area contributed by atoms with E-state index in [1.165, 1.54) is 24.6 Å². The van der Waals surface area contributed by atoms with Gasteiger partial charge in [-0.1, -0.05) is 53.0 Å². The summed E-state index contributed by atoms with van der Waals surface area (Å²) in [5.41, 5.74) is 1.80. The minimum absolute atomic E-state index is 0.218. The van der Waals surface area contributed by atoms with Gasteiger partial charge in [-0.3, -0.25) is 0 Å². The molecular weight excluding hydrogens is 422 g/mol. The molecule has 7 nitrogen and oxygen atoms in total. The Balaban J connectivity index is 0.00000218. The van der Waals surface area contributed by atoms with Crippen molar-refractivity contribution in [1.29, 1.82) is 0 Å². The van der Waals surface area contributed by atoms with Crippen molar-refractivity contribution in [2.75, 3.05) is 32.6 Å². The van der Waals surface area contributed by atoms with Gasteiger partial charge >= 0.3 is 5.30 Å². The van der Waals surface area contributed by atoms with Crippen molar-refractivity contribution >= 4 is 34.4 Å². The Bertz CT molecular complexity index is 654. The van der Waals surface area contributed by atoms with E-state index in [0.717, 1.165) is 48.8 Å². The van der Waals surface area contributed by atoms with Crippen LogP contribution in [-0.2, 0) is 9.57 Å². The maximum Gasteiger partial charge on any atom is 0.371 e. The number of nitrogens with zero attached hydrogens (tertiary/aromatic N) is 3. The fraction of sp³-hybridized carbons (Fsp3) is 0.762. The Kier molecular flexibility index (Phi) is 13.2. The summed E-state index contributed by atoms with van der Waals surface area (Å²) < 4.78 is 20.5. The number of hydrogen-bond donors (Lipinski definition) is 0. The first-order valence-corrected chi connectivity index (χ1v) is 12.7. The lowest BCUT2D eigenvalue weighted by Crippen LogP contribution is -2.57. The first kappa shape index (κ1) is 26.9. The topological polar surface area (TPSA) is 70.5 Å². The van der Waals surface area contributed by atoms with Crippen LogP contribution >= 0.6 is 23.5 Å². The molecule has 1 aromatic heterocycles. The van der Waals surface area contributed by atoms with Crippen LogP contribution in [0, 0.1) is 0 Å². The third-order valence-electron chi connectivity index (χ3n) is 4.89. The molecule has 0 N–H and O–H groups in total. The summed E-state index contributed by atoms with van der Waals surface area (Å²) in [6.07, 6.45) is 7.15. The molecule has 2 atom stereocenters. The van der Waals surface area contributed by atoms with Crippen LogP contribution in [0.15, 0.2) is 6.08 Å². The van der Waals surface area contributed by atoms with E-state index in [2.05, 4.69) is 21.7 Å². The number of rotatable bonds is 11. The predicted octanol–water partition coefficient (Wildman–Crippen LogP) is 5.92. The summed E-state index contributed by atoms with van der Waals surface area (Å²) in [4.78, 5) is 17.8. The van der Waals surface area contributed by atoms with Crippen LogP contribution in [0.25, 0.3) is 5.57 Å². The van der Waals surface area contributed by atoms with Gasteiger partial charge in [-0.05, 0) is 18.2 Å². The summed E-state index contributed by atoms with van der Waals surface area (Å²) >= 11 is 2.33. The van der Waals surface area contributed by atoms with E-state index in [1.54, 1.807) is 7.11 Å². The first-order chi connectivity index (χ1) is 14.6. The molecule has 0 bridgehead atoms. The lowest BCUT2D eigenvalue weighted by Gasteiger charge is -2.40. The molecule has 0 spiro atoms. The number of carbonyl (C=O) groups is 1. The highest BCUT2D eigenvalue weighted by Gasteiger charge is 2.42. The highest BCUT2D eigenvalue weighted by molar-refractivity contribution is 8.13. The van der Waals surface area contributed by atoms with Crippen LogP contribution < -0.4 is 4.74 Å². The van der Waals surface area contributed by atoms with Crippen molar-refractivity contribution < 1.29 is 23.8 Å². The zero-order valence-corrected chi connectivity index (χ0v) is 20.9. The molecule has 0 aliphatic carbocycles. The number of unbranched alkanes of at least 4 members (excludes halogenated alkanes) is 3. The van der Waals surface area contributed by atoms with E-state index in [9.17, 15) is 4.79 Å². The van der Waals surface area contributed by atoms with E-state index in [-0.39, 0.29) is 9.95 Å². The second-order valence-corrected chi connectivity index (χ2v) is 8.49. The minimum atomic E-state index is -0.412. The van der Waals surface area contributed by atoms with Gasteiger partial charge in [0.15, 0.2) is 0 Å². The third-order valence-corrected chi connectivity index (χ3v) is 6.02. The highest BCUT2D eigenvalue weighted by Crippen LogP contribution is 2.33. The van der Waals surface area contributed by atoms with Crippen molar-refractivity contribution in [3.8, 4) is 5.88 Å². The average molecular weight is 461 g/mol. The molecule has 2 unspecified atom stereocenters. The van der Waals surface area contributed by atoms with Crippen LogP contribution in [-0.4, -0.2) is 57.5 Å². The summed E-state index contributed by atoms with van der Waals surface area (Å²) in [6, 6.07) is 0. The van der Waals surface area contributed by atoms with E-state index in [4.69, 9.17) is 14.3 Å². The lowest BCUT2D eigenvalue weighted by molar-refractivity contribution is -1.13. The number of carbonyl (C=O) groups excluding carboxylic acids is 1. The average Bonchev–Trinajstić information content (AvgIpc) is 3.23. The Morgan fingerprint density at radius 2 is 2.03 bits per heavy atom. The van der Waals surface area contributed by atoms with E-state index >= 15 is 0 Å². The molecule has 2 rings (SSSR count). The SMILES string of the molecule is CC.CCCCCCOc1nsnc1C1=CCC[N+](OC)(C(C)OC(=O)SCC)C1. The van der Waals surface area contributed by atoms with Gasteiger partial charge in [0.2, 0.25) is 0 Å². The molecule has 0 aromatic carbocycles. The van der Waals surface area contributed by atoms with Crippen LogP contribution in [0.3, 0.4) is 0 Å². The van der Waals surface area contributed by atoms with Gasteiger partial charge in [0, 0.05) is 24.7 Å². The molecule has 0 radical (unpaired) electrons. The summed E-state index contributed by atoms with van der Waals surface area (Å²) in [7, 11) is 1.66. The zero-order chi connectivity index (χ0) is 22.4. The Labute approximate surface area is 190 Å². The lowest BCUT2D eigenvalue weighted by atomic mass is 10.1. The maximum atomic E-state index is 11.9. The molecule has 1 aliphatic heterocycles. The Hall–Kier alpha value is -1.16. The normalized spacial score (nSPS) is 19.3. The first-order valence-electron chi connectivity index (χ1n) is 11.0. The summed E-state index contributed by atoms with van der Waals surface area (Å²) in [5, 5.41) is -0.271. The van der Waals surface area contributed by atoms with Gasteiger partial charge in [-0.25, -0.2) is 9.63 Å². The molecule has 0 saturated carbocycles.